The number of rotatable bonds is 5. The monoisotopic (exact) mass is 814 g/mol. The fraction of sp³-hybridized carbons (Fsp3) is 0.0167. The first-order valence-corrected chi connectivity index (χ1v) is 21.8. The lowest BCUT2D eigenvalue weighted by molar-refractivity contribution is 0.756. The summed E-state index contributed by atoms with van der Waals surface area (Å²) in [7, 11) is 0. The Morgan fingerprint density at radius 1 is 0.281 bits per heavy atom. The number of hydrogen-bond acceptors (Lipinski definition) is 4. The number of para-hydroxylation sites is 1. The fourth-order valence-electron chi connectivity index (χ4n) is 10.4. The van der Waals surface area contributed by atoms with Gasteiger partial charge in [0.05, 0.1) is 16.8 Å². The second-order valence-electron chi connectivity index (χ2n) is 16.8. The van der Waals surface area contributed by atoms with Crippen molar-refractivity contribution in [2.75, 3.05) is 4.90 Å². The second kappa shape index (κ2) is 14.3. The van der Waals surface area contributed by atoms with E-state index in [4.69, 9.17) is 15.0 Å². The average molecular weight is 815 g/mol. The molecule has 0 saturated carbocycles. The molecule has 0 bridgehead atoms. The minimum absolute atomic E-state index is 0.632. The number of fused-ring (bicyclic) bond motifs is 11. The molecule has 1 aromatic heterocycles. The molecule has 0 amide bonds. The second-order valence-corrected chi connectivity index (χ2v) is 16.8. The van der Waals surface area contributed by atoms with E-state index in [0.717, 1.165) is 33.5 Å². The molecule has 2 aliphatic rings. The average Bonchev–Trinajstić information content (AvgIpc) is 3.66. The maximum absolute atomic E-state index is 5.09. The highest BCUT2D eigenvalue weighted by Crippen LogP contribution is 2.64. The van der Waals surface area contributed by atoms with Crippen LogP contribution in [0.15, 0.2) is 231 Å². The van der Waals surface area contributed by atoms with Crippen LogP contribution in [0.1, 0.15) is 22.3 Å². The third-order valence-corrected chi connectivity index (χ3v) is 13.2. The van der Waals surface area contributed by atoms with Gasteiger partial charge in [-0.1, -0.05) is 182 Å². The molecule has 2 heterocycles. The van der Waals surface area contributed by atoms with Crippen LogP contribution in [0.5, 0.6) is 0 Å². The molecular weight excluding hydrogens is 777 g/mol. The van der Waals surface area contributed by atoms with Crippen LogP contribution in [0.3, 0.4) is 0 Å². The molecule has 4 nitrogen and oxygen atoms in total. The van der Waals surface area contributed by atoms with E-state index in [2.05, 4.69) is 199 Å². The van der Waals surface area contributed by atoms with E-state index < -0.39 is 5.41 Å². The highest BCUT2D eigenvalue weighted by Gasteiger charge is 2.52. The van der Waals surface area contributed by atoms with E-state index in [0.29, 0.717) is 17.5 Å². The van der Waals surface area contributed by atoms with Gasteiger partial charge in [0.2, 0.25) is 0 Å². The smallest absolute Gasteiger partial charge is 0.164 e. The lowest BCUT2D eigenvalue weighted by Gasteiger charge is -2.45. The maximum Gasteiger partial charge on any atom is 0.164 e. The van der Waals surface area contributed by atoms with Gasteiger partial charge in [0.1, 0.15) is 0 Å². The molecule has 0 unspecified atom stereocenters. The molecule has 11 aromatic rings. The molecular formula is C60H38N4. The first kappa shape index (κ1) is 36.2. The van der Waals surface area contributed by atoms with E-state index >= 15 is 0 Å². The summed E-state index contributed by atoms with van der Waals surface area (Å²) in [6.45, 7) is 0. The summed E-state index contributed by atoms with van der Waals surface area (Å²) in [5.41, 5.74) is 15.5. The topological polar surface area (TPSA) is 41.9 Å². The molecule has 298 valence electrons. The summed E-state index contributed by atoms with van der Waals surface area (Å²) in [5.74, 6) is 1.92. The van der Waals surface area contributed by atoms with E-state index in [9.17, 15) is 0 Å². The summed E-state index contributed by atoms with van der Waals surface area (Å²) in [6, 6.07) is 83.3. The summed E-state index contributed by atoms with van der Waals surface area (Å²) in [5, 5.41) is 4.86. The maximum atomic E-state index is 5.09. The molecule has 0 radical (unpaired) electrons. The van der Waals surface area contributed by atoms with E-state index in [-0.39, 0.29) is 0 Å². The standard InChI is InChI=1S/C60H38N4/c1-4-17-39(18-5-1)57-61-58(40-19-6-2-7-20-40)63-59(62-57)47-26-16-25-41(33-47)46-31-32-50-49-29-14-15-30-51(49)60(52(50)34-46)53-35-42-21-10-12-23-44(42)37-55(53)64(48-27-8-3-9-28-48)56-38-45-24-13-11-22-43(45)36-54(56)60/h1-38H. The minimum Gasteiger partial charge on any atom is -0.310 e. The molecule has 1 spiro atoms. The zero-order valence-electron chi connectivity index (χ0n) is 34.7. The van der Waals surface area contributed by atoms with Crippen molar-refractivity contribution in [3.63, 3.8) is 0 Å². The van der Waals surface area contributed by atoms with Crippen LogP contribution in [0, 0.1) is 0 Å². The molecule has 0 saturated heterocycles. The number of anilines is 3. The van der Waals surface area contributed by atoms with Crippen molar-refractivity contribution in [3.05, 3.63) is 253 Å². The van der Waals surface area contributed by atoms with Gasteiger partial charge in [-0.25, -0.2) is 15.0 Å². The van der Waals surface area contributed by atoms with Crippen molar-refractivity contribution >= 4 is 38.6 Å². The van der Waals surface area contributed by atoms with Crippen LogP contribution in [0.4, 0.5) is 17.1 Å². The van der Waals surface area contributed by atoms with E-state index in [1.165, 1.54) is 66.3 Å². The molecule has 4 heteroatoms. The van der Waals surface area contributed by atoms with E-state index in [1.54, 1.807) is 0 Å². The molecule has 0 atom stereocenters. The Labute approximate surface area is 371 Å². The Morgan fingerprint density at radius 2 is 0.719 bits per heavy atom. The van der Waals surface area contributed by atoms with Gasteiger partial charge >= 0.3 is 0 Å². The van der Waals surface area contributed by atoms with Crippen molar-refractivity contribution in [2.45, 2.75) is 5.41 Å². The first-order chi connectivity index (χ1) is 31.7. The molecule has 1 aliphatic heterocycles. The van der Waals surface area contributed by atoms with Crippen molar-refractivity contribution in [2.24, 2.45) is 0 Å². The van der Waals surface area contributed by atoms with Crippen LogP contribution in [0.25, 0.3) is 78.0 Å². The SMILES string of the molecule is c1ccc(-c2nc(-c3ccccc3)nc(-c3cccc(-c4ccc5c(c4)C4(c6ccccc6-5)c5cc6ccccc6cc5N(c5ccccc5)c5cc6ccccc6cc54)c3)n2)cc1. The highest BCUT2D eigenvalue weighted by molar-refractivity contribution is 6.03. The number of benzene rings is 10. The zero-order valence-corrected chi connectivity index (χ0v) is 34.7. The first-order valence-electron chi connectivity index (χ1n) is 21.8. The van der Waals surface area contributed by atoms with Gasteiger partial charge in [0.25, 0.3) is 0 Å². The Kier molecular flexibility index (Phi) is 8.09. The summed E-state index contributed by atoms with van der Waals surface area (Å²) in [6.07, 6.45) is 0. The largest absolute Gasteiger partial charge is 0.310 e. The minimum atomic E-state index is -0.632. The van der Waals surface area contributed by atoms with Crippen molar-refractivity contribution in [3.8, 4) is 56.4 Å². The Morgan fingerprint density at radius 3 is 1.31 bits per heavy atom. The zero-order chi connectivity index (χ0) is 42.2. The Balaban J connectivity index is 1.06. The van der Waals surface area contributed by atoms with Gasteiger partial charge in [-0.15, -0.1) is 0 Å². The summed E-state index contributed by atoms with van der Waals surface area (Å²) < 4.78 is 0. The summed E-state index contributed by atoms with van der Waals surface area (Å²) in [4.78, 5) is 17.6. The number of nitrogens with zero attached hydrogens (tertiary/aromatic N) is 4. The van der Waals surface area contributed by atoms with Gasteiger partial charge < -0.3 is 4.90 Å². The van der Waals surface area contributed by atoms with Crippen LogP contribution in [-0.2, 0) is 5.41 Å². The highest BCUT2D eigenvalue weighted by atomic mass is 15.2. The van der Waals surface area contributed by atoms with Crippen LogP contribution >= 0.6 is 0 Å². The summed E-state index contributed by atoms with van der Waals surface area (Å²) >= 11 is 0. The molecule has 0 fully saturated rings. The van der Waals surface area contributed by atoms with Gasteiger partial charge in [-0.2, -0.15) is 0 Å². The molecule has 13 rings (SSSR count). The van der Waals surface area contributed by atoms with Gasteiger partial charge in [-0.3, -0.25) is 0 Å². The molecule has 10 aromatic carbocycles. The lowest BCUT2D eigenvalue weighted by atomic mass is 9.63. The van der Waals surface area contributed by atoms with Crippen molar-refractivity contribution < 1.29 is 0 Å². The molecule has 64 heavy (non-hydrogen) atoms. The quantitative estimate of drug-likeness (QED) is 0.174. The number of hydrogen-bond donors (Lipinski definition) is 0. The predicted molar refractivity (Wildman–Crippen MR) is 262 cm³/mol. The van der Waals surface area contributed by atoms with Gasteiger partial charge in [0.15, 0.2) is 17.5 Å². The van der Waals surface area contributed by atoms with Gasteiger partial charge in [0, 0.05) is 22.4 Å². The van der Waals surface area contributed by atoms with Crippen molar-refractivity contribution in [1.82, 2.24) is 15.0 Å². The normalized spacial score (nSPS) is 13.1. The number of aromatic nitrogens is 3. The Hall–Kier alpha value is -8.47. The third kappa shape index (κ3) is 5.52. The Bertz CT molecular complexity index is 3480. The van der Waals surface area contributed by atoms with Crippen LogP contribution in [-0.4, -0.2) is 15.0 Å². The van der Waals surface area contributed by atoms with Crippen molar-refractivity contribution in [1.29, 1.82) is 0 Å². The lowest BCUT2D eigenvalue weighted by Crippen LogP contribution is -2.36. The molecule has 0 N–H and O–H groups in total. The predicted octanol–water partition coefficient (Wildman–Crippen LogP) is 15.0. The van der Waals surface area contributed by atoms with Crippen LogP contribution in [0.2, 0.25) is 0 Å². The third-order valence-electron chi connectivity index (χ3n) is 13.2. The van der Waals surface area contributed by atoms with Gasteiger partial charge in [-0.05, 0) is 115 Å². The molecule has 1 aliphatic carbocycles. The van der Waals surface area contributed by atoms with E-state index in [1.807, 2.05) is 36.4 Å². The van der Waals surface area contributed by atoms with Crippen LogP contribution < -0.4 is 4.90 Å². The fourth-order valence-corrected chi connectivity index (χ4v) is 10.4.